The summed E-state index contributed by atoms with van der Waals surface area (Å²) >= 11 is 0. The maximum absolute atomic E-state index is 12.0. The first kappa shape index (κ1) is 20.8. The lowest BCUT2D eigenvalue weighted by Crippen LogP contribution is -2.37. The molecule has 2 aromatic rings. The second-order valence-electron chi connectivity index (χ2n) is 6.42. The van der Waals surface area contributed by atoms with Crippen molar-refractivity contribution >= 4 is 28.9 Å². The third-order valence-electron chi connectivity index (χ3n) is 4.13. The van der Waals surface area contributed by atoms with Gasteiger partial charge in [0.2, 0.25) is 0 Å². The topological polar surface area (TPSA) is 125 Å². The first-order valence-corrected chi connectivity index (χ1v) is 8.48. The van der Waals surface area contributed by atoms with Crippen LogP contribution in [0.4, 0.5) is 17.1 Å². The predicted octanol–water partition coefficient (Wildman–Crippen LogP) is 1.76. The average molecular weight is 386 g/mol. The summed E-state index contributed by atoms with van der Waals surface area (Å²) in [5, 5.41) is 25.7. The van der Waals surface area contributed by atoms with Gasteiger partial charge in [-0.1, -0.05) is 12.1 Å². The van der Waals surface area contributed by atoms with Gasteiger partial charge in [0.15, 0.2) is 0 Å². The van der Waals surface area contributed by atoms with Gasteiger partial charge in [-0.2, -0.15) is 0 Å². The predicted molar refractivity (Wildman–Crippen MR) is 105 cm³/mol. The van der Waals surface area contributed by atoms with Crippen molar-refractivity contribution in [3.8, 4) is 0 Å². The molecule has 0 aromatic heterocycles. The molecule has 0 aliphatic rings. The fourth-order valence-corrected chi connectivity index (χ4v) is 2.46. The monoisotopic (exact) mass is 386 g/mol. The van der Waals surface area contributed by atoms with E-state index in [0.717, 1.165) is 5.69 Å². The Morgan fingerprint density at radius 3 is 2.32 bits per heavy atom. The number of hydrogen-bond acceptors (Lipinski definition) is 6. The SMILES string of the molecule is Cc1cc([N+](=O)[O-])ccc1NC(=O)C(=O)NCC(O)c1ccc(N(C)C)cc1. The van der Waals surface area contributed by atoms with Crippen molar-refractivity contribution in [1.29, 1.82) is 0 Å². The van der Waals surface area contributed by atoms with Gasteiger partial charge in [0.05, 0.1) is 11.0 Å². The molecule has 2 aromatic carbocycles. The maximum Gasteiger partial charge on any atom is 0.313 e. The van der Waals surface area contributed by atoms with E-state index in [9.17, 15) is 24.8 Å². The molecule has 148 valence electrons. The number of benzene rings is 2. The number of carbonyl (C=O) groups excluding carboxylic acids is 2. The summed E-state index contributed by atoms with van der Waals surface area (Å²) in [6.45, 7) is 1.45. The van der Waals surface area contributed by atoms with Gasteiger partial charge in [-0.15, -0.1) is 0 Å². The number of nitrogens with one attached hydrogen (secondary N) is 2. The summed E-state index contributed by atoms with van der Waals surface area (Å²) in [6, 6.07) is 11.1. The Morgan fingerprint density at radius 2 is 1.79 bits per heavy atom. The van der Waals surface area contributed by atoms with Crippen LogP contribution in [-0.4, -0.2) is 42.5 Å². The van der Waals surface area contributed by atoms with E-state index < -0.39 is 22.8 Å². The Labute approximate surface area is 162 Å². The quantitative estimate of drug-likeness (QED) is 0.395. The van der Waals surface area contributed by atoms with Gasteiger partial charge in [0.25, 0.3) is 5.69 Å². The van der Waals surface area contributed by atoms with E-state index >= 15 is 0 Å². The van der Waals surface area contributed by atoms with E-state index in [2.05, 4.69) is 10.6 Å². The molecule has 9 nitrogen and oxygen atoms in total. The van der Waals surface area contributed by atoms with Crippen molar-refractivity contribution in [3.63, 3.8) is 0 Å². The minimum Gasteiger partial charge on any atom is -0.387 e. The number of aliphatic hydroxyl groups excluding tert-OH is 1. The smallest absolute Gasteiger partial charge is 0.313 e. The Hall–Kier alpha value is -3.46. The van der Waals surface area contributed by atoms with Crippen LogP contribution in [0.3, 0.4) is 0 Å². The zero-order chi connectivity index (χ0) is 20.8. The third kappa shape index (κ3) is 5.27. The molecule has 0 aliphatic carbocycles. The molecule has 1 unspecified atom stereocenters. The molecule has 2 amide bonds. The van der Waals surface area contributed by atoms with E-state index in [1.807, 2.05) is 31.1 Å². The fourth-order valence-electron chi connectivity index (χ4n) is 2.46. The normalized spacial score (nSPS) is 11.4. The van der Waals surface area contributed by atoms with Crippen molar-refractivity contribution in [3.05, 3.63) is 63.7 Å². The summed E-state index contributed by atoms with van der Waals surface area (Å²) < 4.78 is 0. The number of anilines is 2. The molecule has 0 radical (unpaired) electrons. The van der Waals surface area contributed by atoms with Crippen LogP contribution in [0.2, 0.25) is 0 Å². The molecule has 0 spiro atoms. The number of rotatable bonds is 6. The number of hydrogen-bond donors (Lipinski definition) is 3. The van der Waals surface area contributed by atoms with Crippen molar-refractivity contribution in [2.75, 3.05) is 30.9 Å². The van der Waals surface area contributed by atoms with Crippen molar-refractivity contribution in [2.24, 2.45) is 0 Å². The van der Waals surface area contributed by atoms with Crippen LogP contribution in [-0.2, 0) is 9.59 Å². The average Bonchev–Trinajstić information content (AvgIpc) is 2.67. The second-order valence-corrected chi connectivity index (χ2v) is 6.42. The highest BCUT2D eigenvalue weighted by atomic mass is 16.6. The standard InChI is InChI=1S/C19H22N4O5/c1-12-10-15(23(27)28)8-9-16(12)21-19(26)18(25)20-11-17(24)13-4-6-14(7-5-13)22(2)3/h4-10,17,24H,11H2,1-3H3,(H,20,25)(H,21,26). The van der Waals surface area contributed by atoms with Gasteiger partial charge in [0, 0.05) is 44.1 Å². The lowest BCUT2D eigenvalue weighted by Gasteiger charge is -2.15. The second kappa shape index (κ2) is 8.96. The van der Waals surface area contributed by atoms with E-state index in [4.69, 9.17) is 0 Å². The van der Waals surface area contributed by atoms with E-state index in [0.29, 0.717) is 16.8 Å². The molecule has 0 saturated carbocycles. The van der Waals surface area contributed by atoms with E-state index in [1.54, 1.807) is 19.1 Å². The minimum absolute atomic E-state index is 0.108. The number of carbonyl (C=O) groups is 2. The maximum atomic E-state index is 12.0. The first-order valence-electron chi connectivity index (χ1n) is 8.48. The van der Waals surface area contributed by atoms with Crippen LogP contribution in [0.25, 0.3) is 0 Å². The molecule has 0 heterocycles. The highest BCUT2D eigenvalue weighted by Gasteiger charge is 2.18. The first-order chi connectivity index (χ1) is 13.2. The molecule has 1 atom stereocenters. The number of aliphatic hydroxyl groups is 1. The van der Waals surface area contributed by atoms with Crippen LogP contribution < -0.4 is 15.5 Å². The zero-order valence-corrected chi connectivity index (χ0v) is 15.8. The van der Waals surface area contributed by atoms with Gasteiger partial charge >= 0.3 is 11.8 Å². The summed E-state index contributed by atoms with van der Waals surface area (Å²) in [4.78, 5) is 36.1. The van der Waals surface area contributed by atoms with E-state index in [-0.39, 0.29) is 12.2 Å². The summed E-state index contributed by atoms with van der Waals surface area (Å²) in [5.74, 6) is -1.84. The highest BCUT2D eigenvalue weighted by Crippen LogP contribution is 2.21. The molecule has 9 heteroatoms. The third-order valence-corrected chi connectivity index (χ3v) is 4.13. The van der Waals surface area contributed by atoms with Gasteiger partial charge in [-0.25, -0.2) is 0 Å². The van der Waals surface area contributed by atoms with Gasteiger partial charge in [-0.05, 0) is 36.2 Å². The molecule has 0 aliphatic heterocycles. The Morgan fingerprint density at radius 1 is 1.14 bits per heavy atom. The highest BCUT2D eigenvalue weighted by molar-refractivity contribution is 6.39. The van der Waals surface area contributed by atoms with Crippen LogP contribution in [0.1, 0.15) is 17.2 Å². The molecular formula is C19H22N4O5. The Kier molecular flexibility index (Phi) is 6.67. The van der Waals surface area contributed by atoms with Crippen molar-refractivity contribution in [2.45, 2.75) is 13.0 Å². The van der Waals surface area contributed by atoms with Crippen LogP contribution in [0.5, 0.6) is 0 Å². The van der Waals surface area contributed by atoms with Gasteiger partial charge < -0.3 is 20.6 Å². The number of amides is 2. The van der Waals surface area contributed by atoms with Gasteiger partial charge in [0.1, 0.15) is 0 Å². The van der Waals surface area contributed by atoms with Gasteiger partial charge in [-0.3, -0.25) is 19.7 Å². The van der Waals surface area contributed by atoms with Crippen LogP contribution in [0, 0.1) is 17.0 Å². The Balaban J connectivity index is 1.91. The molecule has 3 N–H and O–H groups in total. The van der Waals surface area contributed by atoms with Crippen molar-refractivity contribution in [1.82, 2.24) is 5.32 Å². The van der Waals surface area contributed by atoms with Crippen molar-refractivity contribution < 1.29 is 19.6 Å². The fraction of sp³-hybridized carbons (Fsp3) is 0.263. The zero-order valence-electron chi connectivity index (χ0n) is 15.8. The number of aryl methyl sites for hydroxylation is 1. The van der Waals surface area contributed by atoms with Crippen LogP contribution in [0.15, 0.2) is 42.5 Å². The largest absolute Gasteiger partial charge is 0.387 e. The summed E-state index contributed by atoms with van der Waals surface area (Å²) in [7, 11) is 3.80. The van der Waals surface area contributed by atoms with E-state index in [1.165, 1.54) is 18.2 Å². The number of nitro benzene ring substituents is 1. The molecule has 0 saturated heterocycles. The summed E-state index contributed by atoms with van der Waals surface area (Å²) in [5.41, 5.74) is 2.22. The number of non-ortho nitro benzene ring substituents is 1. The van der Waals surface area contributed by atoms with Crippen LogP contribution >= 0.6 is 0 Å². The minimum atomic E-state index is -0.964. The number of nitrogens with zero attached hydrogens (tertiary/aromatic N) is 2. The summed E-state index contributed by atoms with van der Waals surface area (Å²) in [6.07, 6.45) is -0.964. The Bertz CT molecular complexity index is 880. The number of nitro groups is 1. The lowest BCUT2D eigenvalue weighted by atomic mass is 10.1. The molecule has 2 rings (SSSR count). The molecule has 0 bridgehead atoms. The molecular weight excluding hydrogens is 364 g/mol. The lowest BCUT2D eigenvalue weighted by molar-refractivity contribution is -0.384. The molecule has 28 heavy (non-hydrogen) atoms. The molecule has 0 fully saturated rings.